The Morgan fingerprint density at radius 3 is 2.54 bits per heavy atom. The minimum atomic E-state index is -0.264. The number of piperazine rings is 1. The summed E-state index contributed by atoms with van der Waals surface area (Å²) in [6.45, 7) is 7.84. The van der Waals surface area contributed by atoms with E-state index in [-0.39, 0.29) is 17.8 Å². The lowest BCUT2D eigenvalue weighted by Crippen LogP contribution is -2.55. The number of anilines is 1. The number of carbonyl (C=O) groups is 1. The molecule has 0 bridgehead atoms. The van der Waals surface area contributed by atoms with Gasteiger partial charge in [-0.05, 0) is 50.1 Å². The first-order chi connectivity index (χ1) is 11.5. The van der Waals surface area contributed by atoms with Crippen LogP contribution in [0.3, 0.4) is 0 Å². The van der Waals surface area contributed by atoms with Crippen LogP contribution in [0.5, 0.6) is 0 Å². The number of benzene rings is 2. The molecule has 1 fully saturated rings. The molecule has 126 valence electrons. The predicted molar refractivity (Wildman–Crippen MR) is 94.5 cm³/mol. The van der Waals surface area contributed by atoms with Crippen molar-refractivity contribution >= 4 is 11.6 Å². The highest BCUT2D eigenvalue weighted by atomic mass is 19.1. The molecule has 24 heavy (non-hydrogen) atoms. The Bertz CT molecular complexity index is 759. The van der Waals surface area contributed by atoms with Gasteiger partial charge in [0.15, 0.2) is 0 Å². The summed E-state index contributed by atoms with van der Waals surface area (Å²) in [7, 11) is 0. The predicted octanol–water partition coefficient (Wildman–Crippen LogP) is 3.68. The van der Waals surface area contributed by atoms with Crippen LogP contribution in [0.4, 0.5) is 10.1 Å². The molecule has 1 aliphatic heterocycles. The SMILES string of the molecule is Cc1ccc(N2CCN(Cc3ccccc3F)[C@@H](C)C2=O)cc1C. The quantitative estimate of drug-likeness (QED) is 0.859. The number of rotatable bonds is 3. The van der Waals surface area contributed by atoms with Crippen molar-refractivity contribution in [2.45, 2.75) is 33.4 Å². The van der Waals surface area contributed by atoms with E-state index < -0.39 is 0 Å². The van der Waals surface area contributed by atoms with Gasteiger partial charge >= 0.3 is 0 Å². The summed E-state index contributed by atoms with van der Waals surface area (Å²) in [6.07, 6.45) is 0. The molecular formula is C20H23FN2O. The van der Waals surface area contributed by atoms with Gasteiger partial charge in [0.2, 0.25) is 5.91 Å². The van der Waals surface area contributed by atoms with Gasteiger partial charge in [-0.1, -0.05) is 24.3 Å². The van der Waals surface area contributed by atoms with E-state index in [0.29, 0.717) is 18.7 Å². The molecule has 2 aromatic carbocycles. The zero-order valence-corrected chi connectivity index (χ0v) is 14.4. The minimum absolute atomic E-state index is 0.0702. The van der Waals surface area contributed by atoms with E-state index >= 15 is 0 Å². The second kappa shape index (κ2) is 6.73. The molecule has 0 radical (unpaired) electrons. The van der Waals surface area contributed by atoms with Crippen LogP contribution in [0.1, 0.15) is 23.6 Å². The molecule has 0 unspecified atom stereocenters. The van der Waals surface area contributed by atoms with Crippen molar-refractivity contribution in [1.82, 2.24) is 4.90 Å². The van der Waals surface area contributed by atoms with Crippen molar-refractivity contribution in [2.75, 3.05) is 18.0 Å². The van der Waals surface area contributed by atoms with Gasteiger partial charge in [-0.25, -0.2) is 4.39 Å². The molecule has 0 saturated carbocycles. The third-order valence-corrected chi connectivity index (χ3v) is 4.92. The Kier molecular flexibility index (Phi) is 4.67. The fraction of sp³-hybridized carbons (Fsp3) is 0.350. The zero-order valence-electron chi connectivity index (χ0n) is 14.4. The Hall–Kier alpha value is -2.20. The standard InChI is InChI=1S/C20H23FN2O/c1-14-8-9-18(12-15(14)2)23-11-10-22(16(3)20(23)24)13-17-6-4-5-7-19(17)21/h4-9,12,16H,10-11,13H2,1-3H3/t16-/m0/s1. The number of amides is 1. The van der Waals surface area contributed by atoms with Gasteiger partial charge in [0.25, 0.3) is 0 Å². The highest BCUT2D eigenvalue weighted by Crippen LogP contribution is 2.24. The van der Waals surface area contributed by atoms with E-state index in [0.717, 1.165) is 12.2 Å². The van der Waals surface area contributed by atoms with Crippen molar-refractivity contribution in [1.29, 1.82) is 0 Å². The smallest absolute Gasteiger partial charge is 0.244 e. The molecule has 0 aromatic heterocycles. The molecule has 1 aliphatic rings. The van der Waals surface area contributed by atoms with Gasteiger partial charge in [-0.15, -0.1) is 0 Å². The van der Waals surface area contributed by atoms with Crippen LogP contribution in [-0.2, 0) is 11.3 Å². The number of aryl methyl sites for hydroxylation is 2. The van der Waals surface area contributed by atoms with E-state index in [1.165, 1.54) is 17.2 Å². The zero-order chi connectivity index (χ0) is 17.3. The number of hydrogen-bond acceptors (Lipinski definition) is 2. The molecule has 3 rings (SSSR count). The molecule has 2 aromatic rings. The summed E-state index contributed by atoms with van der Waals surface area (Å²) in [5, 5.41) is 0. The lowest BCUT2D eigenvalue weighted by Gasteiger charge is -2.39. The third-order valence-electron chi connectivity index (χ3n) is 4.92. The highest BCUT2D eigenvalue weighted by Gasteiger charge is 2.32. The summed E-state index contributed by atoms with van der Waals surface area (Å²) < 4.78 is 13.9. The van der Waals surface area contributed by atoms with E-state index in [2.05, 4.69) is 19.9 Å². The number of carbonyl (C=O) groups excluding carboxylic acids is 1. The monoisotopic (exact) mass is 326 g/mol. The summed E-state index contributed by atoms with van der Waals surface area (Å²) >= 11 is 0. The average Bonchev–Trinajstić information content (AvgIpc) is 2.57. The third kappa shape index (κ3) is 3.20. The first kappa shape index (κ1) is 16.7. The van der Waals surface area contributed by atoms with Crippen LogP contribution in [0, 0.1) is 19.7 Å². The Balaban J connectivity index is 1.76. The van der Waals surface area contributed by atoms with Gasteiger partial charge in [-0.3, -0.25) is 9.69 Å². The summed E-state index contributed by atoms with van der Waals surface area (Å²) in [6, 6.07) is 12.6. The number of nitrogens with zero attached hydrogens (tertiary/aromatic N) is 2. The van der Waals surface area contributed by atoms with Crippen LogP contribution in [0.25, 0.3) is 0 Å². The summed E-state index contributed by atoms with van der Waals surface area (Å²) in [4.78, 5) is 16.7. The maximum atomic E-state index is 13.9. The Morgan fingerprint density at radius 1 is 1.08 bits per heavy atom. The molecule has 1 amide bonds. The molecule has 1 atom stereocenters. The fourth-order valence-electron chi connectivity index (χ4n) is 3.13. The molecule has 4 heteroatoms. The topological polar surface area (TPSA) is 23.6 Å². The van der Waals surface area contributed by atoms with Gasteiger partial charge in [0.1, 0.15) is 5.82 Å². The lowest BCUT2D eigenvalue weighted by molar-refractivity contribution is -0.125. The van der Waals surface area contributed by atoms with Crippen molar-refractivity contribution in [3.63, 3.8) is 0 Å². The van der Waals surface area contributed by atoms with Crippen LogP contribution in [0.15, 0.2) is 42.5 Å². The molecule has 0 aliphatic carbocycles. The Labute approximate surface area is 142 Å². The number of hydrogen-bond donors (Lipinski definition) is 0. The molecule has 0 N–H and O–H groups in total. The summed E-state index contributed by atoms with van der Waals surface area (Å²) in [5.74, 6) is -0.144. The lowest BCUT2D eigenvalue weighted by atomic mass is 10.1. The van der Waals surface area contributed by atoms with Crippen molar-refractivity contribution < 1.29 is 9.18 Å². The van der Waals surface area contributed by atoms with Gasteiger partial charge in [0.05, 0.1) is 6.04 Å². The maximum absolute atomic E-state index is 13.9. The largest absolute Gasteiger partial charge is 0.310 e. The second-order valence-corrected chi connectivity index (χ2v) is 6.50. The first-order valence-electron chi connectivity index (χ1n) is 8.33. The number of halogens is 1. The van der Waals surface area contributed by atoms with E-state index in [9.17, 15) is 9.18 Å². The first-order valence-corrected chi connectivity index (χ1v) is 8.33. The molecular weight excluding hydrogens is 303 g/mol. The molecule has 1 heterocycles. The Morgan fingerprint density at radius 2 is 1.83 bits per heavy atom. The molecule has 3 nitrogen and oxygen atoms in total. The van der Waals surface area contributed by atoms with Crippen LogP contribution in [0.2, 0.25) is 0 Å². The molecule has 1 saturated heterocycles. The minimum Gasteiger partial charge on any atom is -0.310 e. The normalized spacial score (nSPS) is 18.9. The van der Waals surface area contributed by atoms with Crippen LogP contribution >= 0.6 is 0 Å². The second-order valence-electron chi connectivity index (χ2n) is 6.50. The molecule has 0 spiro atoms. The van der Waals surface area contributed by atoms with Crippen LogP contribution < -0.4 is 4.90 Å². The van der Waals surface area contributed by atoms with E-state index in [1.807, 2.05) is 34.9 Å². The van der Waals surface area contributed by atoms with Crippen molar-refractivity contribution in [2.24, 2.45) is 0 Å². The maximum Gasteiger partial charge on any atom is 0.244 e. The fourth-order valence-corrected chi connectivity index (χ4v) is 3.13. The summed E-state index contributed by atoms with van der Waals surface area (Å²) in [5.41, 5.74) is 3.98. The highest BCUT2D eigenvalue weighted by molar-refractivity contribution is 5.97. The van der Waals surface area contributed by atoms with Gasteiger partial charge < -0.3 is 4.90 Å². The van der Waals surface area contributed by atoms with Gasteiger partial charge in [-0.2, -0.15) is 0 Å². The van der Waals surface area contributed by atoms with Gasteiger partial charge in [0, 0.05) is 30.9 Å². The van der Waals surface area contributed by atoms with E-state index in [1.54, 1.807) is 12.1 Å². The van der Waals surface area contributed by atoms with Crippen molar-refractivity contribution in [3.05, 3.63) is 65.0 Å². The van der Waals surface area contributed by atoms with Crippen molar-refractivity contribution in [3.8, 4) is 0 Å². The van der Waals surface area contributed by atoms with E-state index in [4.69, 9.17) is 0 Å². The average molecular weight is 326 g/mol. The van der Waals surface area contributed by atoms with Crippen LogP contribution in [-0.4, -0.2) is 29.9 Å².